The molecule has 112 valence electrons. The minimum absolute atomic E-state index is 0.0178. The van der Waals surface area contributed by atoms with Gasteiger partial charge in [0.05, 0.1) is 12.7 Å². The Morgan fingerprint density at radius 3 is 2.58 bits per heavy atom. The second-order valence-corrected chi connectivity index (χ2v) is 6.15. The third-order valence-electron chi connectivity index (χ3n) is 3.94. The molecule has 4 atom stereocenters. The highest BCUT2D eigenvalue weighted by atomic mass is 16.5. The topological polar surface area (TPSA) is 55.8 Å². The average Bonchev–Trinajstić information content (AvgIpc) is 2.33. The molecule has 0 bridgehead atoms. The van der Waals surface area contributed by atoms with Gasteiger partial charge in [-0.2, -0.15) is 0 Å². The van der Waals surface area contributed by atoms with E-state index in [2.05, 4.69) is 20.8 Å². The van der Waals surface area contributed by atoms with Gasteiger partial charge in [0, 0.05) is 6.92 Å². The number of ether oxygens (including phenoxy) is 2. The van der Waals surface area contributed by atoms with Gasteiger partial charge in [-0.25, -0.2) is 0 Å². The molecule has 4 heteroatoms. The predicted octanol–water partition coefficient (Wildman–Crippen LogP) is 2.39. The van der Waals surface area contributed by atoms with Crippen molar-refractivity contribution in [3.05, 3.63) is 0 Å². The van der Waals surface area contributed by atoms with E-state index in [9.17, 15) is 9.90 Å². The smallest absolute Gasteiger partial charge is 0.302 e. The molecule has 1 aliphatic carbocycles. The first kappa shape index (κ1) is 16.4. The molecule has 0 heterocycles. The minimum Gasteiger partial charge on any atom is -0.463 e. The van der Waals surface area contributed by atoms with Crippen LogP contribution in [-0.4, -0.2) is 36.5 Å². The highest BCUT2D eigenvalue weighted by Crippen LogP contribution is 2.35. The van der Waals surface area contributed by atoms with Crippen molar-refractivity contribution in [1.29, 1.82) is 0 Å². The SMILES string of the molecule is CC(=O)OCC(O)CO[C@@H]1C[C@H](C)CC[C@H]1C(C)C. The summed E-state index contributed by atoms with van der Waals surface area (Å²) < 4.78 is 10.7. The van der Waals surface area contributed by atoms with E-state index >= 15 is 0 Å². The lowest BCUT2D eigenvalue weighted by Crippen LogP contribution is -2.37. The zero-order valence-electron chi connectivity index (χ0n) is 12.6. The summed E-state index contributed by atoms with van der Waals surface area (Å²) in [6.07, 6.45) is 3.01. The monoisotopic (exact) mass is 272 g/mol. The highest BCUT2D eigenvalue weighted by Gasteiger charge is 2.31. The largest absolute Gasteiger partial charge is 0.463 e. The zero-order chi connectivity index (χ0) is 14.4. The van der Waals surface area contributed by atoms with E-state index in [0.717, 1.165) is 6.42 Å². The number of rotatable bonds is 6. The van der Waals surface area contributed by atoms with Crippen molar-refractivity contribution in [3.63, 3.8) is 0 Å². The molecule has 0 aliphatic heterocycles. The molecule has 0 spiro atoms. The zero-order valence-corrected chi connectivity index (χ0v) is 12.6. The molecule has 1 saturated carbocycles. The number of esters is 1. The van der Waals surface area contributed by atoms with Gasteiger partial charge in [-0.15, -0.1) is 0 Å². The molecule has 1 N–H and O–H groups in total. The molecule has 0 amide bonds. The average molecular weight is 272 g/mol. The van der Waals surface area contributed by atoms with E-state index in [1.54, 1.807) is 0 Å². The Morgan fingerprint density at radius 2 is 2.00 bits per heavy atom. The van der Waals surface area contributed by atoms with Crippen LogP contribution in [0.3, 0.4) is 0 Å². The van der Waals surface area contributed by atoms with Crippen molar-refractivity contribution in [3.8, 4) is 0 Å². The van der Waals surface area contributed by atoms with Crippen LogP contribution in [0.2, 0.25) is 0 Å². The number of carbonyl (C=O) groups is 1. The lowest BCUT2D eigenvalue weighted by molar-refractivity contribution is -0.146. The van der Waals surface area contributed by atoms with Gasteiger partial charge in [-0.05, 0) is 30.6 Å². The van der Waals surface area contributed by atoms with Gasteiger partial charge in [0.2, 0.25) is 0 Å². The first-order valence-corrected chi connectivity index (χ1v) is 7.33. The molecular weight excluding hydrogens is 244 g/mol. The van der Waals surface area contributed by atoms with Gasteiger partial charge in [0.15, 0.2) is 0 Å². The molecule has 1 fully saturated rings. The van der Waals surface area contributed by atoms with Crippen molar-refractivity contribution in [2.45, 2.75) is 59.2 Å². The van der Waals surface area contributed by atoms with Gasteiger partial charge in [0.1, 0.15) is 12.7 Å². The molecule has 0 aromatic carbocycles. The minimum atomic E-state index is -0.728. The Hall–Kier alpha value is -0.610. The van der Waals surface area contributed by atoms with Crippen molar-refractivity contribution in [1.82, 2.24) is 0 Å². The summed E-state index contributed by atoms with van der Waals surface area (Å²) in [4.78, 5) is 10.7. The second-order valence-electron chi connectivity index (χ2n) is 6.15. The Bertz CT molecular complexity index is 277. The van der Waals surface area contributed by atoms with Gasteiger partial charge in [-0.3, -0.25) is 4.79 Å². The number of aliphatic hydroxyl groups excluding tert-OH is 1. The van der Waals surface area contributed by atoms with Crippen LogP contribution < -0.4 is 0 Å². The fourth-order valence-corrected chi connectivity index (χ4v) is 2.80. The van der Waals surface area contributed by atoms with Gasteiger partial charge in [0.25, 0.3) is 0 Å². The van der Waals surface area contributed by atoms with Crippen molar-refractivity contribution >= 4 is 5.97 Å². The van der Waals surface area contributed by atoms with Gasteiger partial charge < -0.3 is 14.6 Å². The van der Waals surface area contributed by atoms with Crippen LogP contribution in [0.15, 0.2) is 0 Å². The van der Waals surface area contributed by atoms with E-state index in [1.807, 2.05) is 0 Å². The van der Waals surface area contributed by atoms with Gasteiger partial charge >= 0.3 is 5.97 Å². The number of carbonyl (C=O) groups excluding carboxylic acids is 1. The molecular formula is C15H28O4. The molecule has 1 rings (SSSR count). The van der Waals surface area contributed by atoms with Gasteiger partial charge in [-0.1, -0.05) is 27.2 Å². The van der Waals surface area contributed by atoms with Crippen LogP contribution in [0.1, 0.15) is 47.0 Å². The van der Waals surface area contributed by atoms with Crippen LogP contribution in [0, 0.1) is 17.8 Å². The summed E-state index contributed by atoms with van der Waals surface area (Å²) in [5.74, 6) is 1.48. The number of aliphatic hydroxyl groups is 1. The van der Waals surface area contributed by atoms with Crippen LogP contribution in [0.5, 0.6) is 0 Å². The summed E-state index contributed by atoms with van der Waals surface area (Å²) in [6, 6.07) is 0. The number of hydrogen-bond acceptors (Lipinski definition) is 4. The van der Waals surface area contributed by atoms with E-state index in [1.165, 1.54) is 19.8 Å². The summed E-state index contributed by atoms with van der Waals surface area (Å²) in [5.41, 5.74) is 0. The Kier molecular flexibility index (Phi) is 6.80. The fraction of sp³-hybridized carbons (Fsp3) is 0.933. The summed E-state index contributed by atoms with van der Waals surface area (Å²) in [7, 11) is 0. The predicted molar refractivity (Wildman–Crippen MR) is 73.7 cm³/mol. The van der Waals surface area contributed by atoms with Crippen molar-refractivity contribution in [2.75, 3.05) is 13.2 Å². The van der Waals surface area contributed by atoms with Crippen LogP contribution in [0.4, 0.5) is 0 Å². The van der Waals surface area contributed by atoms with Crippen LogP contribution in [0.25, 0.3) is 0 Å². The van der Waals surface area contributed by atoms with Crippen LogP contribution >= 0.6 is 0 Å². The molecule has 4 nitrogen and oxygen atoms in total. The molecule has 0 saturated heterocycles. The summed E-state index contributed by atoms with van der Waals surface area (Å²) in [6.45, 7) is 8.31. The Morgan fingerprint density at radius 1 is 1.32 bits per heavy atom. The second kappa shape index (κ2) is 7.85. The van der Waals surface area contributed by atoms with Crippen molar-refractivity contribution in [2.24, 2.45) is 17.8 Å². The third-order valence-corrected chi connectivity index (χ3v) is 3.94. The lowest BCUT2D eigenvalue weighted by Gasteiger charge is -2.37. The maximum absolute atomic E-state index is 10.7. The first-order valence-electron chi connectivity index (χ1n) is 7.33. The summed E-state index contributed by atoms with van der Waals surface area (Å²) >= 11 is 0. The molecule has 1 aliphatic rings. The quantitative estimate of drug-likeness (QED) is 0.754. The third kappa shape index (κ3) is 5.91. The Balaban J connectivity index is 2.37. The number of hydrogen-bond donors (Lipinski definition) is 1. The Labute approximate surface area is 116 Å². The van der Waals surface area contributed by atoms with Crippen molar-refractivity contribution < 1.29 is 19.4 Å². The maximum atomic E-state index is 10.7. The standard InChI is InChI=1S/C15H28O4/c1-10(2)14-6-5-11(3)7-15(14)19-9-13(17)8-18-12(4)16/h10-11,13-15,17H,5-9H2,1-4H3/t11-,13?,14+,15-/m1/s1. The molecule has 0 radical (unpaired) electrons. The van der Waals surface area contributed by atoms with E-state index in [-0.39, 0.29) is 25.3 Å². The lowest BCUT2D eigenvalue weighted by atomic mass is 9.75. The normalized spacial score (nSPS) is 29.3. The maximum Gasteiger partial charge on any atom is 0.302 e. The summed E-state index contributed by atoms with van der Waals surface area (Å²) in [5, 5.41) is 9.72. The van der Waals surface area contributed by atoms with Crippen LogP contribution in [-0.2, 0) is 14.3 Å². The molecule has 0 aromatic heterocycles. The first-order chi connectivity index (χ1) is 8.90. The molecule has 1 unspecified atom stereocenters. The fourth-order valence-electron chi connectivity index (χ4n) is 2.80. The van der Waals surface area contributed by atoms with E-state index < -0.39 is 6.10 Å². The highest BCUT2D eigenvalue weighted by molar-refractivity contribution is 5.65. The van der Waals surface area contributed by atoms with E-state index in [4.69, 9.17) is 9.47 Å². The molecule has 0 aromatic rings. The molecule has 19 heavy (non-hydrogen) atoms. The van der Waals surface area contributed by atoms with E-state index in [0.29, 0.717) is 17.8 Å².